The van der Waals surface area contributed by atoms with E-state index >= 15 is 0 Å². The van der Waals surface area contributed by atoms with Crippen molar-refractivity contribution in [1.29, 1.82) is 0 Å². The number of piperazine rings is 1. The van der Waals surface area contributed by atoms with Gasteiger partial charge in [-0.3, -0.25) is 9.30 Å². The number of fused-ring (bicyclic) bond motifs is 1. The van der Waals surface area contributed by atoms with Crippen molar-refractivity contribution in [3.63, 3.8) is 0 Å². The monoisotopic (exact) mass is 517 g/mol. The summed E-state index contributed by atoms with van der Waals surface area (Å²) >= 11 is 0. The number of nitrogens with zero attached hydrogens (tertiary/aromatic N) is 4. The molecular weight excluding hydrogens is 484 g/mol. The highest BCUT2D eigenvalue weighted by Gasteiger charge is 2.18. The van der Waals surface area contributed by atoms with Crippen molar-refractivity contribution < 1.29 is 8.78 Å². The first-order valence-electron chi connectivity index (χ1n) is 13.0. The van der Waals surface area contributed by atoms with Crippen molar-refractivity contribution >= 4 is 22.8 Å². The molecule has 0 bridgehead atoms. The van der Waals surface area contributed by atoms with Gasteiger partial charge in [0.2, 0.25) is 0 Å². The van der Waals surface area contributed by atoms with Gasteiger partial charge >= 0.3 is 0 Å². The zero-order valence-corrected chi connectivity index (χ0v) is 21.8. The van der Waals surface area contributed by atoms with E-state index in [4.69, 9.17) is 0 Å². The standard InChI is InChI=1S/C29H33F2N7/c1-4-21-5-7-24(27(31)26(21)30)25-18-35-29-28(34-12-16-38(25)29)36-22-6-8-23(19(2)17-22)20(3)33-11-15-37-13-9-32-10-14-37/h5-8,12,16-18,32-33H,3-4,9-11,13-15H2,1-2H3,(H,34,36). The summed E-state index contributed by atoms with van der Waals surface area (Å²) in [5, 5.41) is 10.2. The summed E-state index contributed by atoms with van der Waals surface area (Å²) in [5.74, 6) is -1.17. The van der Waals surface area contributed by atoms with Crippen LogP contribution >= 0.6 is 0 Å². The number of hydrogen-bond donors (Lipinski definition) is 3. The number of nitrogens with one attached hydrogen (secondary N) is 3. The highest BCUT2D eigenvalue weighted by Crippen LogP contribution is 2.30. The summed E-state index contributed by atoms with van der Waals surface area (Å²) in [6.07, 6.45) is 5.27. The lowest BCUT2D eigenvalue weighted by molar-refractivity contribution is 0.244. The summed E-state index contributed by atoms with van der Waals surface area (Å²) < 4.78 is 31.0. The van der Waals surface area contributed by atoms with Crippen molar-refractivity contribution in [2.24, 2.45) is 0 Å². The number of imidazole rings is 1. The number of hydrogen-bond acceptors (Lipinski definition) is 6. The van der Waals surface area contributed by atoms with Gasteiger partial charge in [-0.2, -0.15) is 0 Å². The van der Waals surface area contributed by atoms with Crippen molar-refractivity contribution in [2.75, 3.05) is 44.6 Å². The number of anilines is 2. The first kappa shape index (κ1) is 25.8. The van der Waals surface area contributed by atoms with E-state index in [0.29, 0.717) is 29.1 Å². The van der Waals surface area contributed by atoms with Crippen LogP contribution in [0.15, 0.2) is 55.5 Å². The molecule has 2 aromatic carbocycles. The average molecular weight is 518 g/mol. The summed E-state index contributed by atoms with van der Waals surface area (Å²) in [7, 11) is 0. The molecule has 1 fully saturated rings. The van der Waals surface area contributed by atoms with Crippen LogP contribution in [-0.2, 0) is 6.42 Å². The SMILES string of the molecule is C=C(NCCN1CCNCC1)c1ccc(Nc2nccn3c(-c4ccc(CC)c(F)c4F)cnc23)cc1C. The van der Waals surface area contributed by atoms with E-state index < -0.39 is 11.6 Å². The first-order valence-corrected chi connectivity index (χ1v) is 13.0. The van der Waals surface area contributed by atoms with Gasteiger partial charge in [0.05, 0.1) is 11.9 Å². The summed E-state index contributed by atoms with van der Waals surface area (Å²) in [4.78, 5) is 11.4. The van der Waals surface area contributed by atoms with Crippen LogP contribution in [0.25, 0.3) is 22.6 Å². The predicted molar refractivity (Wildman–Crippen MR) is 149 cm³/mol. The molecule has 7 nitrogen and oxygen atoms in total. The number of aryl methyl sites for hydroxylation is 2. The molecule has 0 atom stereocenters. The molecule has 0 spiro atoms. The van der Waals surface area contributed by atoms with Gasteiger partial charge in [0.15, 0.2) is 23.1 Å². The maximum absolute atomic E-state index is 14.8. The maximum Gasteiger partial charge on any atom is 0.180 e. The van der Waals surface area contributed by atoms with Crippen LogP contribution in [0.3, 0.4) is 0 Å². The number of rotatable bonds is 9. The minimum atomic E-state index is -0.870. The molecule has 3 N–H and O–H groups in total. The number of halogens is 2. The second kappa shape index (κ2) is 11.3. The van der Waals surface area contributed by atoms with Gasteiger partial charge in [-0.1, -0.05) is 25.6 Å². The largest absolute Gasteiger partial charge is 0.384 e. The second-order valence-electron chi connectivity index (χ2n) is 9.52. The van der Waals surface area contributed by atoms with Gasteiger partial charge in [0.25, 0.3) is 0 Å². The fourth-order valence-electron chi connectivity index (χ4n) is 4.88. The van der Waals surface area contributed by atoms with E-state index in [-0.39, 0.29) is 5.56 Å². The lowest BCUT2D eigenvalue weighted by Crippen LogP contribution is -2.45. The van der Waals surface area contributed by atoms with E-state index in [0.717, 1.165) is 61.8 Å². The van der Waals surface area contributed by atoms with Crippen molar-refractivity contribution in [1.82, 2.24) is 29.9 Å². The molecule has 1 aliphatic heterocycles. The Morgan fingerprint density at radius 3 is 2.68 bits per heavy atom. The topological polar surface area (TPSA) is 69.5 Å². The third-order valence-electron chi connectivity index (χ3n) is 7.04. The molecule has 0 amide bonds. The van der Waals surface area contributed by atoms with Crippen LogP contribution < -0.4 is 16.0 Å². The smallest absolute Gasteiger partial charge is 0.180 e. The molecule has 1 saturated heterocycles. The third kappa shape index (κ3) is 5.25. The summed E-state index contributed by atoms with van der Waals surface area (Å²) in [6, 6.07) is 9.25. The Bertz CT molecular complexity index is 1460. The lowest BCUT2D eigenvalue weighted by Gasteiger charge is -2.27. The Balaban J connectivity index is 1.31. The molecule has 1 aliphatic rings. The van der Waals surface area contributed by atoms with Gasteiger partial charge in [0.1, 0.15) is 0 Å². The Labute approximate surface area is 221 Å². The van der Waals surface area contributed by atoms with E-state index in [1.165, 1.54) is 6.20 Å². The van der Waals surface area contributed by atoms with Crippen LogP contribution in [0.1, 0.15) is 23.6 Å². The molecule has 0 aliphatic carbocycles. The molecular formula is C29H33F2N7. The fraction of sp³-hybridized carbons (Fsp3) is 0.310. The number of benzene rings is 2. The molecule has 0 radical (unpaired) electrons. The molecule has 38 heavy (non-hydrogen) atoms. The molecule has 2 aromatic heterocycles. The predicted octanol–water partition coefficient (Wildman–Crippen LogP) is 4.75. The van der Waals surface area contributed by atoms with E-state index in [2.05, 4.69) is 37.4 Å². The van der Waals surface area contributed by atoms with Gasteiger partial charge in [-0.25, -0.2) is 18.7 Å². The highest BCUT2D eigenvalue weighted by atomic mass is 19.2. The second-order valence-corrected chi connectivity index (χ2v) is 9.52. The Morgan fingerprint density at radius 2 is 1.92 bits per heavy atom. The molecule has 4 aromatic rings. The van der Waals surface area contributed by atoms with Gasteiger partial charge in [0, 0.05) is 74.2 Å². The Kier molecular flexibility index (Phi) is 7.67. The Hall–Kier alpha value is -3.82. The minimum absolute atomic E-state index is 0.160. The number of aromatic nitrogens is 3. The first-order chi connectivity index (χ1) is 18.5. The van der Waals surface area contributed by atoms with Crippen molar-refractivity contribution in [2.45, 2.75) is 20.3 Å². The average Bonchev–Trinajstić information content (AvgIpc) is 3.36. The van der Waals surface area contributed by atoms with Crippen LogP contribution in [-0.4, -0.2) is 58.5 Å². The third-order valence-corrected chi connectivity index (χ3v) is 7.04. The zero-order valence-electron chi connectivity index (χ0n) is 21.8. The van der Waals surface area contributed by atoms with Gasteiger partial charge in [-0.15, -0.1) is 0 Å². The summed E-state index contributed by atoms with van der Waals surface area (Å²) in [5.41, 5.74) is 5.34. The Morgan fingerprint density at radius 1 is 1.11 bits per heavy atom. The molecule has 9 heteroatoms. The van der Waals surface area contributed by atoms with Crippen LogP contribution in [0, 0.1) is 18.6 Å². The normalized spacial score (nSPS) is 14.1. The zero-order chi connectivity index (χ0) is 26.6. The quantitative estimate of drug-likeness (QED) is 0.298. The van der Waals surface area contributed by atoms with Crippen molar-refractivity contribution in [3.05, 3.63) is 83.8 Å². The van der Waals surface area contributed by atoms with Gasteiger partial charge < -0.3 is 16.0 Å². The molecule has 0 unspecified atom stereocenters. The summed E-state index contributed by atoms with van der Waals surface area (Å²) in [6.45, 7) is 14.1. The van der Waals surface area contributed by atoms with Gasteiger partial charge in [-0.05, 0) is 42.7 Å². The fourth-order valence-corrected chi connectivity index (χ4v) is 4.88. The molecule has 5 rings (SSSR count). The van der Waals surface area contributed by atoms with Crippen LogP contribution in [0.2, 0.25) is 0 Å². The highest BCUT2D eigenvalue weighted by molar-refractivity contribution is 5.76. The molecule has 198 valence electrons. The minimum Gasteiger partial charge on any atom is -0.384 e. The molecule has 3 heterocycles. The van der Waals surface area contributed by atoms with Crippen LogP contribution in [0.5, 0.6) is 0 Å². The van der Waals surface area contributed by atoms with E-state index in [1.54, 1.807) is 35.9 Å². The van der Waals surface area contributed by atoms with E-state index in [1.807, 2.05) is 25.1 Å². The maximum atomic E-state index is 14.8. The van der Waals surface area contributed by atoms with E-state index in [9.17, 15) is 8.78 Å². The van der Waals surface area contributed by atoms with Crippen molar-refractivity contribution in [3.8, 4) is 11.3 Å². The lowest BCUT2D eigenvalue weighted by atomic mass is 10.1. The van der Waals surface area contributed by atoms with Crippen LogP contribution in [0.4, 0.5) is 20.3 Å². The molecule has 0 saturated carbocycles.